The molecule has 4 N–H and O–H groups in total. The predicted octanol–water partition coefficient (Wildman–Crippen LogP) is 3.71. The van der Waals surface area contributed by atoms with Crippen molar-refractivity contribution >= 4 is 27.2 Å². The Morgan fingerprint density at radius 3 is 2.61 bits per heavy atom. The maximum absolute atomic E-state index is 12.4. The molecular formula is C22H28FN3O6S. The summed E-state index contributed by atoms with van der Waals surface area (Å²) in [5, 5.41) is 3.08. The van der Waals surface area contributed by atoms with Gasteiger partial charge in [0.15, 0.2) is 5.58 Å². The van der Waals surface area contributed by atoms with Crippen molar-refractivity contribution in [2.24, 2.45) is 5.73 Å². The van der Waals surface area contributed by atoms with Crippen LogP contribution in [0.5, 0.6) is 5.75 Å². The van der Waals surface area contributed by atoms with Crippen molar-refractivity contribution in [3.63, 3.8) is 0 Å². The van der Waals surface area contributed by atoms with Crippen LogP contribution in [0.4, 0.5) is 10.4 Å². The molecule has 0 aliphatic rings. The summed E-state index contributed by atoms with van der Waals surface area (Å²) in [6.07, 6.45) is 1.33. The second-order valence-corrected chi connectivity index (χ2v) is 8.39. The van der Waals surface area contributed by atoms with E-state index >= 15 is 0 Å². The first-order valence-corrected chi connectivity index (χ1v) is 11.5. The zero-order valence-corrected chi connectivity index (χ0v) is 19.3. The lowest BCUT2D eigenvalue weighted by atomic mass is 10.2. The molecule has 0 saturated carbocycles. The Hall–Kier alpha value is -2.99. The summed E-state index contributed by atoms with van der Waals surface area (Å²) in [7, 11) is -2.36. The first-order valence-electron chi connectivity index (χ1n) is 10.1. The summed E-state index contributed by atoms with van der Waals surface area (Å²) in [4.78, 5) is 4.25. The molecule has 1 heterocycles. The molecule has 0 spiro atoms. The average Bonchev–Trinajstić information content (AvgIpc) is 3.20. The van der Waals surface area contributed by atoms with E-state index in [2.05, 4.69) is 10.3 Å². The Kier molecular flexibility index (Phi) is 10.3. The molecule has 33 heavy (non-hydrogen) atoms. The summed E-state index contributed by atoms with van der Waals surface area (Å²) in [5.74, 6) is 0.572. The monoisotopic (exact) mass is 481 g/mol. The molecule has 0 fully saturated rings. The number of nitrogens with zero attached hydrogens (tertiary/aromatic N) is 1. The van der Waals surface area contributed by atoms with Crippen LogP contribution in [0.15, 0.2) is 63.7 Å². The molecule has 0 aliphatic carbocycles. The lowest BCUT2D eigenvalue weighted by Gasteiger charge is -2.06. The standard InChI is InChI=1S/C15H20FN3O3.C7H8O3S/c1-20-6-2-5-18-15-19-13-4-3-12(7-14(13)22-15)21-10-11(8-16)9-17;1-6-2-4-7(5-3-6)11(8,9)10/h3-4,7-8H,2,5-6,9-10,17H2,1H3,(H,18,19);2-5H,1H3,(H,8,9,10)/b11-8+;. The number of ether oxygens (including phenoxy) is 2. The van der Waals surface area contributed by atoms with Gasteiger partial charge >= 0.3 is 0 Å². The van der Waals surface area contributed by atoms with E-state index in [1.54, 1.807) is 37.4 Å². The molecule has 2 aromatic carbocycles. The van der Waals surface area contributed by atoms with Gasteiger partial charge in [-0.25, -0.2) is 4.39 Å². The minimum absolute atomic E-state index is 0.0666. The number of oxazole rings is 1. The Bertz CT molecular complexity index is 1150. The highest BCUT2D eigenvalue weighted by atomic mass is 32.2. The van der Waals surface area contributed by atoms with E-state index in [-0.39, 0.29) is 18.0 Å². The maximum atomic E-state index is 12.4. The van der Waals surface area contributed by atoms with Crippen LogP contribution in [0.2, 0.25) is 0 Å². The van der Waals surface area contributed by atoms with Crippen LogP contribution >= 0.6 is 0 Å². The van der Waals surface area contributed by atoms with Gasteiger partial charge in [-0.15, -0.1) is 0 Å². The average molecular weight is 482 g/mol. The van der Waals surface area contributed by atoms with Gasteiger partial charge in [-0.2, -0.15) is 13.4 Å². The highest BCUT2D eigenvalue weighted by Crippen LogP contribution is 2.24. The fourth-order valence-electron chi connectivity index (χ4n) is 2.50. The van der Waals surface area contributed by atoms with Gasteiger partial charge in [-0.05, 0) is 37.6 Å². The molecule has 0 radical (unpaired) electrons. The van der Waals surface area contributed by atoms with Crippen LogP contribution in [0.25, 0.3) is 11.1 Å². The van der Waals surface area contributed by atoms with Crippen LogP contribution in [0.3, 0.4) is 0 Å². The smallest absolute Gasteiger partial charge is 0.295 e. The quantitative estimate of drug-likeness (QED) is 0.292. The third kappa shape index (κ3) is 8.81. The van der Waals surface area contributed by atoms with Crippen molar-refractivity contribution in [3.05, 3.63) is 59.9 Å². The number of hydrogen-bond acceptors (Lipinski definition) is 8. The van der Waals surface area contributed by atoms with Gasteiger partial charge in [0.2, 0.25) is 0 Å². The van der Waals surface area contributed by atoms with Crippen molar-refractivity contribution in [1.82, 2.24) is 4.98 Å². The maximum Gasteiger partial charge on any atom is 0.295 e. The van der Waals surface area contributed by atoms with E-state index in [0.29, 0.717) is 42.4 Å². The van der Waals surface area contributed by atoms with Crippen molar-refractivity contribution in [2.45, 2.75) is 18.2 Å². The molecule has 0 atom stereocenters. The van der Waals surface area contributed by atoms with Crippen molar-refractivity contribution in [3.8, 4) is 5.75 Å². The van der Waals surface area contributed by atoms with E-state index in [4.69, 9.17) is 24.2 Å². The van der Waals surface area contributed by atoms with Gasteiger partial charge in [-0.3, -0.25) is 4.55 Å². The summed E-state index contributed by atoms with van der Waals surface area (Å²) in [5.41, 5.74) is 8.04. The molecule has 11 heteroatoms. The van der Waals surface area contributed by atoms with E-state index in [1.807, 2.05) is 6.92 Å². The fourth-order valence-corrected chi connectivity index (χ4v) is 2.98. The highest BCUT2D eigenvalue weighted by molar-refractivity contribution is 7.85. The van der Waals surface area contributed by atoms with Gasteiger partial charge < -0.3 is 24.9 Å². The molecular weight excluding hydrogens is 453 g/mol. The number of hydrogen-bond donors (Lipinski definition) is 3. The molecule has 180 valence electrons. The number of methoxy groups -OCH3 is 1. The number of aryl methyl sites for hydroxylation is 1. The SMILES string of the molecule is COCCCNc1nc2ccc(OC/C(=C/F)CN)cc2o1.Cc1ccc(S(=O)(=O)O)cc1. The lowest BCUT2D eigenvalue weighted by Crippen LogP contribution is -2.10. The number of fused-ring (bicyclic) bond motifs is 1. The zero-order chi connectivity index (χ0) is 24.3. The molecule has 9 nitrogen and oxygen atoms in total. The number of anilines is 1. The van der Waals surface area contributed by atoms with Gasteiger partial charge in [-0.1, -0.05) is 17.7 Å². The summed E-state index contributed by atoms with van der Waals surface area (Å²) < 4.78 is 58.0. The molecule has 0 amide bonds. The molecule has 3 aromatic rings. The van der Waals surface area contributed by atoms with Crippen LogP contribution in [-0.2, 0) is 14.9 Å². The van der Waals surface area contributed by atoms with Gasteiger partial charge in [0.1, 0.15) is 17.9 Å². The van der Waals surface area contributed by atoms with Crippen molar-refractivity contribution in [2.75, 3.05) is 38.7 Å². The number of nitrogens with one attached hydrogen (secondary N) is 1. The molecule has 0 saturated heterocycles. The minimum atomic E-state index is -4.02. The van der Waals surface area contributed by atoms with Gasteiger partial charge in [0, 0.05) is 38.4 Å². The van der Waals surface area contributed by atoms with E-state index in [9.17, 15) is 12.8 Å². The Balaban J connectivity index is 0.000000294. The number of halogens is 1. The summed E-state index contributed by atoms with van der Waals surface area (Å²) in [6, 6.07) is 11.7. The Morgan fingerprint density at radius 1 is 1.27 bits per heavy atom. The first kappa shape index (κ1) is 26.3. The highest BCUT2D eigenvalue weighted by Gasteiger charge is 2.08. The fraction of sp³-hybridized carbons (Fsp3) is 0.318. The third-order valence-corrected chi connectivity index (χ3v) is 5.19. The van der Waals surface area contributed by atoms with Gasteiger partial charge in [0.25, 0.3) is 16.1 Å². The summed E-state index contributed by atoms with van der Waals surface area (Å²) >= 11 is 0. The number of rotatable bonds is 10. The molecule has 1 aromatic heterocycles. The topological polar surface area (TPSA) is 137 Å². The van der Waals surface area contributed by atoms with Crippen LogP contribution in [0, 0.1) is 6.92 Å². The normalized spacial score (nSPS) is 11.7. The van der Waals surface area contributed by atoms with E-state index in [0.717, 1.165) is 17.5 Å². The lowest BCUT2D eigenvalue weighted by molar-refractivity contribution is 0.197. The molecule has 0 unspecified atom stereocenters. The third-order valence-electron chi connectivity index (χ3n) is 4.32. The van der Waals surface area contributed by atoms with E-state index < -0.39 is 10.1 Å². The molecule has 3 rings (SSSR count). The second kappa shape index (κ2) is 12.9. The Morgan fingerprint density at radius 2 is 2.00 bits per heavy atom. The zero-order valence-electron chi connectivity index (χ0n) is 18.5. The first-order chi connectivity index (χ1) is 15.8. The van der Waals surface area contributed by atoms with Gasteiger partial charge in [0.05, 0.1) is 11.2 Å². The number of aromatic nitrogens is 1. The molecule has 0 aliphatic heterocycles. The van der Waals surface area contributed by atoms with Crippen LogP contribution < -0.4 is 15.8 Å². The largest absolute Gasteiger partial charge is 0.489 e. The van der Waals surface area contributed by atoms with Crippen LogP contribution in [-0.4, -0.2) is 51.4 Å². The van der Waals surface area contributed by atoms with E-state index in [1.165, 1.54) is 12.1 Å². The minimum Gasteiger partial charge on any atom is -0.489 e. The number of nitrogens with two attached hydrogens (primary N) is 1. The number of benzene rings is 2. The Labute approximate surface area is 192 Å². The van der Waals surface area contributed by atoms with Crippen molar-refractivity contribution in [1.29, 1.82) is 0 Å². The summed E-state index contributed by atoms with van der Waals surface area (Å²) in [6.45, 7) is 3.46. The molecule has 0 bridgehead atoms. The van der Waals surface area contributed by atoms with Crippen molar-refractivity contribution < 1.29 is 31.3 Å². The van der Waals surface area contributed by atoms with Crippen LogP contribution in [0.1, 0.15) is 12.0 Å². The second-order valence-electron chi connectivity index (χ2n) is 6.97. The predicted molar refractivity (Wildman–Crippen MR) is 124 cm³/mol.